The normalized spacial score (nSPS) is 28.5. The summed E-state index contributed by atoms with van der Waals surface area (Å²) in [5, 5.41) is 0. The van der Waals surface area contributed by atoms with Crippen molar-refractivity contribution in [2.75, 3.05) is 12.0 Å². The van der Waals surface area contributed by atoms with Crippen LogP contribution in [0.25, 0.3) is 0 Å². The molecule has 0 bridgehead atoms. The smallest absolute Gasteiger partial charge is 0.0297 e. The van der Waals surface area contributed by atoms with Crippen LogP contribution in [0.5, 0.6) is 0 Å². The zero-order chi connectivity index (χ0) is 8.27. The Hall–Kier alpha value is -0.110. The zero-order valence-corrected chi connectivity index (χ0v) is 7.95. The molecule has 0 radical (unpaired) electrons. The van der Waals surface area contributed by atoms with E-state index in [1.165, 1.54) is 24.8 Å². The minimum atomic E-state index is -0.645. The molecule has 0 spiro atoms. The first-order valence-corrected chi connectivity index (χ1v) is 5.90. The fraction of sp³-hybridized carbons (Fsp3) is 0.778. The van der Waals surface area contributed by atoms with Gasteiger partial charge in [-0.05, 0) is 25.2 Å². The Balaban J connectivity index is 2.42. The van der Waals surface area contributed by atoms with E-state index in [-0.39, 0.29) is 0 Å². The third-order valence-electron chi connectivity index (χ3n) is 2.31. The first-order chi connectivity index (χ1) is 5.20. The summed E-state index contributed by atoms with van der Waals surface area (Å²) in [6.45, 7) is 4.01. The number of rotatable bonds is 2. The Labute approximate surface area is 71.3 Å². The second-order valence-corrected chi connectivity index (χ2v) is 4.82. The summed E-state index contributed by atoms with van der Waals surface area (Å²) in [5.74, 6) is 1.38. The van der Waals surface area contributed by atoms with E-state index in [2.05, 4.69) is 6.58 Å². The van der Waals surface area contributed by atoms with E-state index in [0.717, 1.165) is 12.2 Å². The molecule has 0 N–H and O–H groups in total. The van der Waals surface area contributed by atoms with Crippen molar-refractivity contribution in [3.63, 3.8) is 0 Å². The molecule has 64 valence electrons. The van der Waals surface area contributed by atoms with Crippen molar-refractivity contribution in [2.24, 2.45) is 5.92 Å². The van der Waals surface area contributed by atoms with Crippen LogP contribution in [0.2, 0.25) is 0 Å². The summed E-state index contributed by atoms with van der Waals surface area (Å²) in [6.07, 6.45) is 6.72. The lowest BCUT2D eigenvalue weighted by molar-refractivity contribution is 0.488. The van der Waals surface area contributed by atoms with E-state index < -0.39 is 10.8 Å². The minimum absolute atomic E-state index is 0.551. The molecule has 1 aliphatic rings. The highest BCUT2D eigenvalue weighted by atomic mass is 32.2. The van der Waals surface area contributed by atoms with Crippen LogP contribution in [-0.4, -0.2) is 16.2 Å². The Morgan fingerprint density at radius 2 is 2.36 bits per heavy atom. The molecular formula is C9H16OS. The van der Waals surface area contributed by atoms with Gasteiger partial charge in [-0.25, -0.2) is 0 Å². The lowest BCUT2D eigenvalue weighted by Crippen LogP contribution is -2.16. The van der Waals surface area contributed by atoms with Crippen LogP contribution in [0.3, 0.4) is 0 Å². The summed E-state index contributed by atoms with van der Waals surface area (Å²) in [4.78, 5) is 0. The molecule has 0 heterocycles. The van der Waals surface area contributed by atoms with Crippen LogP contribution in [0, 0.1) is 5.92 Å². The molecule has 1 nitrogen and oxygen atoms in total. The lowest BCUT2D eigenvalue weighted by atomic mass is 9.87. The average molecular weight is 172 g/mol. The average Bonchev–Trinajstić information content (AvgIpc) is 1.93. The van der Waals surface area contributed by atoms with Gasteiger partial charge in [0, 0.05) is 22.8 Å². The molecule has 2 unspecified atom stereocenters. The van der Waals surface area contributed by atoms with Gasteiger partial charge in [-0.2, -0.15) is 0 Å². The molecule has 0 saturated heterocycles. The topological polar surface area (TPSA) is 17.1 Å². The second kappa shape index (κ2) is 4.05. The molecule has 0 aromatic rings. The Bertz CT molecular complexity index is 174. The second-order valence-electron chi connectivity index (χ2n) is 3.34. The van der Waals surface area contributed by atoms with Crippen LogP contribution < -0.4 is 0 Å². The van der Waals surface area contributed by atoms with Crippen molar-refractivity contribution in [3.8, 4) is 0 Å². The van der Waals surface area contributed by atoms with Gasteiger partial charge in [0.05, 0.1) is 0 Å². The van der Waals surface area contributed by atoms with Crippen LogP contribution in [-0.2, 0) is 10.8 Å². The van der Waals surface area contributed by atoms with E-state index in [1.54, 1.807) is 6.26 Å². The van der Waals surface area contributed by atoms with Gasteiger partial charge in [-0.15, -0.1) is 0 Å². The van der Waals surface area contributed by atoms with Gasteiger partial charge in [-0.3, -0.25) is 4.21 Å². The summed E-state index contributed by atoms with van der Waals surface area (Å²) in [5.41, 5.74) is 1.33. The summed E-state index contributed by atoms with van der Waals surface area (Å²) in [6, 6.07) is 0. The van der Waals surface area contributed by atoms with Crippen LogP contribution in [0.15, 0.2) is 12.2 Å². The summed E-state index contributed by atoms with van der Waals surface area (Å²) in [7, 11) is -0.645. The van der Waals surface area contributed by atoms with E-state index in [4.69, 9.17) is 0 Å². The molecule has 0 aliphatic heterocycles. The van der Waals surface area contributed by atoms with Crippen molar-refractivity contribution in [3.05, 3.63) is 12.2 Å². The fourth-order valence-corrected chi connectivity index (χ4v) is 2.60. The minimum Gasteiger partial charge on any atom is -0.260 e. The first-order valence-electron chi connectivity index (χ1n) is 4.18. The monoisotopic (exact) mass is 172 g/mol. The SMILES string of the molecule is C=C1CCCCC1CS(C)=O. The highest BCUT2D eigenvalue weighted by Crippen LogP contribution is 2.28. The molecule has 1 rings (SSSR count). The number of hydrogen-bond acceptors (Lipinski definition) is 1. The van der Waals surface area contributed by atoms with Crippen molar-refractivity contribution in [1.29, 1.82) is 0 Å². The standard InChI is InChI=1S/C9H16OS/c1-8-5-3-4-6-9(8)7-11(2)10/h9H,1,3-7H2,2H3. The highest BCUT2D eigenvalue weighted by molar-refractivity contribution is 7.84. The Morgan fingerprint density at radius 1 is 1.64 bits per heavy atom. The highest BCUT2D eigenvalue weighted by Gasteiger charge is 2.17. The van der Waals surface area contributed by atoms with Gasteiger partial charge in [0.25, 0.3) is 0 Å². The van der Waals surface area contributed by atoms with Gasteiger partial charge in [-0.1, -0.05) is 18.6 Å². The largest absolute Gasteiger partial charge is 0.260 e. The van der Waals surface area contributed by atoms with Crippen LogP contribution in [0.1, 0.15) is 25.7 Å². The third kappa shape index (κ3) is 2.78. The Kier molecular flexibility index (Phi) is 3.31. The van der Waals surface area contributed by atoms with Gasteiger partial charge >= 0.3 is 0 Å². The Morgan fingerprint density at radius 3 is 2.91 bits per heavy atom. The molecular weight excluding hydrogens is 156 g/mol. The maximum atomic E-state index is 10.9. The fourth-order valence-electron chi connectivity index (χ4n) is 1.64. The van der Waals surface area contributed by atoms with Crippen LogP contribution >= 0.6 is 0 Å². The van der Waals surface area contributed by atoms with Gasteiger partial charge < -0.3 is 0 Å². The van der Waals surface area contributed by atoms with E-state index in [0.29, 0.717) is 5.92 Å². The maximum absolute atomic E-state index is 10.9. The molecule has 0 aromatic carbocycles. The van der Waals surface area contributed by atoms with Crippen molar-refractivity contribution in [2.45, 2.75) is 25.7 Å². The van der Waals surface area contributed by atoms with Gasteiger partial charge in [0.2, 0.25) is 0 Å². The number of allylic oxidation sites excluding steroid dienone is 1. The molecule has 0 aromatic heterocycles. The molecule has 1 fully saturated rings. The van der Waals surface area contributed by atoms with E-state index >= 15 is 0 Å². The molecule has 2 heteroatoms. The number of hydrogen-bond donors (Lipinski definition) is 0. The van der Waals surface area contributed by atoms with Gasteiger partial charge in [0.15, 0.2) is 0 Å². The van der Waals surface area contributed by atoms with E-state index in [1.807, 2.05) is 0 Å². The van der Waals surface area contributed by atoms with Crippen molar-refractivity contribution >= 4 is 10.8 Å². The molecule has 1 aliphatic carbocycles. The molecule has 0 amide bonds. The lowest BCUT2D eigenvalue weighted by Gasteiger charge is -2.23. The zero-order valence-electron chi connectivity index (χ0n) is 7.14. The maximum Gasteiger partial charge on any atom is 0.0297 e. The van der Waals surface area contributed by atoms with Gasteiger partial charge in [0.1, 0.15) is 0 Å². The quantitative estimate of drug-likeness (QED) is 0.583. The summed E-state index contributed by atoms with van der Waals surface area (Å²) >= 11 is 0. The van der Waals surface area contributed by atoms with Crippen molar-refractivity contribution < 1.29 is 4.21 Å². The summed E-state index contributed by atoms with van der Waals surface area (Å²) < 4.78 is 10.9. The predicted molar refractivity (Wildman–Crippen MR) is 50.0 cm³/mol. The molecule has 2 atom stereocenters. The predicted octanol–water partition coefficient (Wildman–Crippen LogP) is 2.11. The third-order valence-corrected chi connectivity index (χ3v) is 3.19. The molecule has 1 saturated carbocycles. The molecule has 11 heavy (non-hydrogen) atoms. The van der Waals surface area contributed by atoms with Crippen LogP contribution in [0.4, 0.5) is 0 Å². The van der Waals surface area contributed by atoms with Crippen molar-refractivity contribution in [1.82, 2.24) is 0 Å². The van der Waals surface area contributed by atoms with E-state index in [9.17, 15) is 4.21 Å². The first kappa shape index (κ1) is 8.98.